The summed E-state index contributed by atoms with van der Waals surface area (Å²) in [5.41, 5.74) is 4.98. The van der Waals surface area contributed by atoms with Crippen LogP contribution in [0.1, 0.15) is 74.9 Å². The molecule has 0 radical (unpaired) electrons. The summed E-state index contributed by atoms with van der Waals surface area (Å²) in [5.74, 6) is 0.886. The van der Waals surface area contributed by atoms with Crippen molar-refractivity contribution in [3.05, 3.63) is 65.0 Å². The predicted octanol–water partition coefficient (Wildman–Crippen LogP) is 5.00. The van der Waals surface area contributed by atoms with Gasteiger partial charge in [-0.15, -0.1) is 0 Å². The van der Waals surface area contributed by atoms with E-state index >= 15 is 0 Å². The van der Waals surface area contributed by atoms with Crippen molar-refractivity contribution in [2.24, 2.45) is 11.3 Å². The Morgan fingerprint density at radius 3 is 2.70 bits per heavy atom. The second-order valence-corrected chi connectivity index (χ2v) is 11.7. The van der Waals surface area contributed by atoms with Gasteiger partial charge in [-0.1, -0.05) is 57.2 Å². The number of fused-ring (bicyclic) bond motifs is 2. The molecule has 2 aromatic rings. The zero-order chi connectivity index (χ0) is 23.2. The fourth-order valence-corrected chi connectivity index (χ4v) is 6.87. The van der Waals surface area contributed by atoms with Crippen LogP contribution in [0.2, 0.25) is 0 Å². The average Bonchev–Trinajstić information content (AvgIpc) is 3.22. The lowest BCUT2D eigenvalue weighted by atomic mass is 9.64. The Bertz CT molecular complexity index is 1010. The maximum Gasteiger partial charge on any atom is 0.228 e. The molecule has 4 nitrogen and oxygen atoms in total. The molecule has 1 aromatic heterocycles. The first-order chi connectivity index (χ1) is 15.8. The smallest absolute Gasteiger partial charge is 0.228 e. The fraction of sp³-hybridized carbons (Fsp3) is 0.586. The lowest BCUT2D eigenvalue weighted by molar-refractivity contribution is -0.144. The predicted molar refractivity (Wildman–Crippen MR) is 133 cm³/mol. The number of rotatable bonds is 2. The molecule has 2 aliphatic heterocycles. The van der Waals surface area contributed by atoms with E-state index < -0.39 is 0 Å². The zero-order valence-corrected chi connectivity index (χ0v) is 20.7. The van der Waals surface area contributed by atoms with Crippen LogP contribution < -0.4 is 5.32 Å². The van der Waals surface area contributed by atoms with E-state index in [2.05, 4.69) is 80.4 Å². The highest BCUT2D eigenvalue weighted by Gasteiger charge is 2.53. The summed E-state index contributed by atoms with van der Waals surface area (Å²) in [6.45, 7) is 11.5. The first-order valence-electron chi connectivity index (χ1n) is 12.8. The molecule has 4 atom stereocenters. The molecule has 1 amide bonds. The highest BCUT2D eigenvalue weighted by Crippen LogP contribution is 2.47. The van der Waals surface area contributed by atoms with E-state index in [0.29, 0.717) is 11.8 Å². The van der Waals surface area contributed by atoms with E-state index in [9.17, 15) is 4.79 Å². The SMILES string of the molecule is Cc1ccc2c(n1)CCCC21CNCC1C(=O)N1CCC(c2ccccc2)CC1C(C)(C)C. The molecule has 0 saturated carbocycles. The van der Waals surface area contributed by atoms with Crippen LogP contribution in [0.15, 0.2) is 42.5 Å². The van der Waals surface area contributed by atoms with Crippen LogP contribution in [-0.4, -0.2) is 41.5 Å². The Kier molecular flexibility index (Phi) is 5.84. The number of carbonyl (C=O) groups excluding carboxylic acids is 1. The van der Waals surface area contributed by atoms with Crippen LogP contribution in [0, 0.1) is 18.3 Å². The van der Waals surface area contributed by atoms with Crippen molar-refractivity contribution >= 4 is 5.91 Å². The van der Waals surface area contributed by atoms with Crippen molar-refractivity contribution in [3.63, 3.8) is 0 Å². The summed E-state index contributed by atoms with van der Waals surface area (Å²) in [7, 11) is 0. The molecule has 2 saturated heterocycles. The van der Waals surface area contributed by atoms with Gasteiger partial charge in [0.15, 0.2) is 0 Å². The number of likely N-dealkylation sites (tertiary alicyclic amines) is 1. The molecule has 4 unspecified atom stereocenters. The molecule has 176 valence electrons. The van der Waals surface area contributed by atoms with Crippen LogP contribution in [0.5, 0.6) is 0 Å². The number of piperidine rings is 1. The van der Waals surface area contributed by atoms with Crippen LogP contribution in [-0.2, 0) is 16.6 Å². The third kappa shape index (κ3) is 4.01. The Morgan fingerprint density at radius 2 is 1.94 bits per heavy atom. The molecule has 3 heterocycles. The van der Waals surface area contributed by atoms with E-state index in [1.54, 1.807) is 0 Å². The third-order valence-corrected chi connectivity index (χ3v) is 8.60. The maximum atomic E-state index is 14.3. The molecule has 3 aliphatic rings. The molecule has 0 bridgehead atoms. The minimum Gasteiger partial charge on any atom is -0.339 e. The van der Waals surface area contributed by atoms with E-state index in [1.807, 2.05) is 0 Å². The van der Waals surface area contributed by atoms with Crippen LogP contribution in [0.3, 0.4) is 0 Å². The number of hydrogen-bond donors (Lipinski definition) is 1. The molecule has 4 heteroatoms. The molecule has 1 aliphatic carbocycles. The van der Waals surface area contributed by atoms with E-state index in [0.717, 1.165) is 57.4 Å². The van der Waals surface area contributed by atoms with Gasteiger partial charge in [-0.25, -0.2) is 0 Å². The van der Waals surface area contributed by atoms with Gasteiger partial charge in [-0.2, -0.15) is 0 Å². The highest BCUT2D eigenvalue weighted by molar-refractivity contribution is 5.82. The van der Waals surface area contributed by atoms with E-state index in [1.165, 1.54) is 16.8 Å². The number of hydrogen-bond acceptors (Lipinski definition) is 3. The van der Waals surface area contributed by atoms with Gasteiger partial charge in [-0.3, -0.25) is 9.78 Å². The van der Waals surface area contributed by atoms with Crippen molar-refractivity contribution in [1.82, 2.24) is 15.2 Å². The summed E-state index contributed by atoms with van der Waals surface area (Å²) < 4.78 is 0. The third-order valence-electron chi connectivity index (χ3n) is 8.60. The minimum atomic E-state index is -0.107. The van der Waals surface area contributed by atoms with Crippen LogP contribution in [0.25, 0.3) is 0 Å². The van der Waals surface area contributed by atoms with Gasteiger partial charge in [0.1, 0.15) is 0 Å². The number of benzene rings is 1. The topological polar surface area (TPSA) is 45.2 Å². The Balaban J connectivity index is 1.45. The maximum absolute atomic E-state index is 14.3. The van der Waals surface area contributed by atoms with Gasteiger partial charge in [0.05, 0.1) is 5.92 Å². The Labute approximate surface area is 199 Å². The number of carbonyl (C=O) groups is 1. The summed E-state index contributed by atoms with van der Waals surface area (Å²) in [5, 5.41) is 3.62. The molecule has 33 heavy (non-hydrogen) atoms. The summed E-state index contributed by atoms with van der Waals surface area (Å²) in [4.78, 5) is 21.5. The Morgan fingerprint density at radius 1 is 1.15 bits per heavy atom. The summed E-state index contributed by atoms with van der Waals surface area (Å²) in [6.07, 6.45) is 5.33. The lowest BCUT2D eigenvalue weighted by Crippen LogP contribution is -2.56. The van der Waals surface area contributed by atoms with Gasteiger partial charge in [-0.05, 0) is 67.6 Å². The molecule has 5 rings (SSSR count). The monoisotopic (exact) mass is 445 g/mol. The number of aryl methyl sites for hydroxylation is 2. The Hall–Kier alpha value is -2.20. The van der Waals surface area contributed by atoms with Crippen molar-refractivity contribution in [1.29, 1.82) is 0 Å². The minimum absolute atomic E-state index is 0.000758. The van der Waals surface area contributed by atoms with Gasteiger partial charge in [0.2, 0.25) is 5.91 Å². The standard InChI is InChI=1S/C29H39N3O/c1-20-12-13-23-25(31-20)11-8-15-29(23)19-30-18-24(29)27(33)32-16-14-22(17-26(32)28(2,3)4)21-9-6-5-7-10-21/h5-7,9-10,12-13,22,24,26,30H,8,11,14-19H2,1-4H3. The van der Waals surface area contributed by atoms with Gasteiger partial charge in [0.25, 0.3) is 0 Å². The number of nitrogens with zero attached hydrogens (tertiary/aromatic N) is 2. The van der Waals surface area contributed by atoms with E-state index in [-0.39, 0.29) is 22.8 Å². The molecule has 1 N–H and O–H groups in total. The largest absolute Gasteiger partial charge is 0.339 e. The number of amides is 1. The lowest BCUT2D eigenvalue weighted by Gasteiger charge is -2.49. The summed E-state index contributed by atoms with van der Waals surface area (Å²) in [6, 6.07) is 15.5. The first-order valence-corrected chi connectivity index (χ1v) is 12.8. The molecule has 1 aromatic carbocycles. The molecular weight excluding hydrogens is 406 g/mol. The zero-order valence-electron chi connectivity index (χ0n) is 20.7. The molecule has 1 spiro atoms. The normalized spacial score (nSPS) is 29.8. The van der Waals surface area contributed by atoms with Crippen LogP contribution in [0.4, 0.5) is 0 Å². The molecular formula is C29H39N3O. The number of aromatic nitrogens is 1. The molecule has 2 fully saturated rings. The van der Waals surface area contributed by atoms with E-state index in [4.69, 9.17) is 4.98 Å². The summed E-state index contributed by atoms with van der Waals surface area (Å²) >= 11 is 0. The second-order valence-electron chi connectivity index (χ2n) is 11.7. The van der Waals surface area contributed by atoms with Gasteiger partial charge < -0.3 is 10.2 Å². The average molecular weight is 446 g/mol. The number of pyridine rings is 1. The van der Waals surface area contributed by atoms with Gasteiger partial charge >= 0.3 is 0 Å². The van der Waals surface area contributed by atoms with Crippen molar-refractivity contribution in [3.8, 4) is 0 Å². The van der Waals surface area contributed by atoms with Crippen molar-refractivity contribution < 1.29 is 4.79 Å². The first kappa shape index (κ1) is 22.6. The van der Waals surface area contributed by atoms with Crippen LogP contribution >= 0.6 is 0 Å². The van der Waals surface area contributed by atoms with Crippen molar-refractivity contribution in [2.45, 2.75) is 77.2 Å². The quantitative estimate of drug-likeness (QED) is 0.707. The number of nitrogens with one attached hydrogen (secondary N) is 1. The fourth-order valence-electron chi connectivity index (χ4n) is 6.87. The highest BCUT2D eigenvalue weighted by atomic mass is 16.2. The second kappa shape index (κ2) is 8.54. The van der Waals surface area contributed by atoms with Crippen molar-refractivity contribution in [2.75, 3.05) is 19.6 Å². The van der Waals surface area contributed by atoms with Gasteiger partial charge in [0, 0.05) is 42.5 Å².